The van der Waals surface area contributed by atoms with Crippen LogP contribution in [0.5, 0.6) is 0 Å². The minimum absolute atomic E-state index is 0.0718. The van der Waals surface area contributed by atoms with Gasteiger partial charge in [0.2, 0.25) is 5.91 Å². The number of nitrogens with zero attached hydrogens (tertiary/aromatic N) is 1. The van der Waals surface area contributed by atoms with Gasteiger partial charge in [-0.05, 0) is 37.1 Å². The minimum atomic E-state index is -0.927. The molecule has 1 atom stereocenters. The zero-order chi connectivity index (χ0) is 14.4. The molecule has 0 aromatic heterocycles. The molecular weight excluding hydrogens is 250 g/mol. The highest BCUT2D eigenvalue weighted by atomic mass is 19.2. The monoisotopic (exact) mass is 270 g/mol. The fourth-order valence-corrected chi connectivity index (χ4v) is 1.79. The van der Waals surface area contributed by atoms with Gasteiger partial charge in [-0.3, -0.25) is 4.79 Å². The van der Waals surface area contributed by atoms with Crippen molar-refractivity contribution in [1.82, 2.24) is 4.90 Å². The molecule has 5 heteroatoms. The molecule has 3 nitrogen and oxygen atoms in total. The summed E-state index contributed by atoms with van der Waals surface area (Å²) in [5, 5.41) is 0. The molecule has 0 spiro atoms. The Bertz CT molecular complexity index is 437. The third-order valence-corrected chi connectivity index (χ3v) is 3.01. The van der Waals surface area contributed by atoms with E-state index in [9.17, 15) is 13.6 Å². The lowest BCUT2D eigenvalue weighted by Crippen LogP contribution is -2.37. The van der Waals surface area contributed by atoms with Gasteiger partial charge in [0.05, 0.1) is 6.42 Å². The quantitative estimate of drug-likeness (QED) is 0.859. The largest absolute Gasteiger partial charge is 0.342 e. The Labute approximate surface area is 112 Å². The summed E-state index contributed by atoms with van der Waals surface area (Å²) < 4.78 is 25.9. The third kappa shape index (κ3) is 4.59. The van der Waals surface area contributed by atoms with E-state index >= 15 is 0 Å². The lowest BCUT2D eigenvalue weighted by atomic mass is 10.1. The van der Waals surface area contributed by atoms with Crippen molar-refractivity contribution in [2.45, 2.75) is 20.3 Å². The van der Waals surface area contributed by atoms with Gasteiger partial charge in [-0.25, -0.2) is 8.78 Å². The zero-order valence-electron chi connectivity index (χ0n) is 11.3. The number of carbonyl (C=O) groups excluding carboxylic acids is 1. The SMILES string of the molecule is CCN(CC(C)CN)C(=O)Cc1ccc(F)c(F)c1. The van der Waals surface area contributed by atoms with Gasteiger partial charge < -0.3 is 10.6 Å². The van der Waals surface area contributed by atoms with E-state index in [1.165, 1.54) is 6.07 Å². The average molecular weight is 270 g/mol. The van der Waals surface area contributed by atoms with Gasteiger partial charge >= 0.3 is 0 Å². The smallest absolute Gasteiger partial charge is 0.226 e. The summed E-state index contributed by atoms with van der Waals surface area (Å²) in [6.45, 7) is 5.51. The van der Waals surface area contributed by atoms with Crippen LogP contribution in [-0.4, -0.2) is 30.4 Å². The molecule has 0 heterocycles. The van der Waals surface area contributed by atoms with Crippen molar-refractivity contribution in [3.05, 3.63) is 35.4 Å². The van der Waals surface area contributed by atoms with Crippen LogP contribution in [0.3, 0.4) is 0 Å². The number of likely N-dealkylation sites (N-methyl/N-ethyl adjacent to an activating group) is 1. The summed E-state index contributed by atoms with van der Waals surface area (Å²) in [5.74, 6) is -1.72. The molecule has 0 bridgehead atoms. The van der Waals surface area contributed by atoms with Crippen LogP contribution in [0.25, 0.3) is 0 Å². The number of amides is 1. The second-order valence-electron chi connectivity index (χ2n) is 4.70. The predicted octanol–water partition coefficient (Wildman–Crippen LogP) is 1.95. The Hall–Kier alpha value is -1.49. The summed E-state index contributed by atoms with van der Waals surface area (Å²) in [7, 11) is 0. The molecule has 0 radical (unpaired) electrons. The van der Waals surface area contributed by atoms with E-state index in [1.54, 1.807) is 4.90 Å². The fourth-order valence-electron chi connectivity index (χ4n) is 1.79. The van der Waals surface area contributed by atoms with E-state index in [2.05, 4.69) is 0 Å². The fraction of sp³-hybridized carbons (Fsp3) is 0.500. The van der Waals surface area contributed by atoms with Gasteiger partial charge in [-0.1, -0.05) is 13.0 Å². The standard InChI is InChI=1S/C14H20F2N2O/c1-3-18(9-10(2)8-17)14(19)7-11-4-5-12(15)13(16)6-11/h4-6,10H,3,7-9,17H2,1-2H3. The van der Waals surface area contributed by atoms with Crippen molar-refractivity contribution in [2.75, 3.05) is 19.6 Å². The lowest BCUT2D eigenvalue weighted by molar-refractivity contribution is -0.130. The van der Waals surface area contributed by atoms with Crippen molar-refractivity contribution in [3.8, 4) is 0 Å². The van der Waals surface area contributed by atoms with Gasteiger partial charge in [0.25, 0.3) is 0 Å². The Kier molecular flexibility index (Phi) is 5.89. The molecule has 1 unspecified atom stereocenters. The normalized spacial score (nSPS) is 12.3. The van der Waals surface area contributed by atoms with Crippen molar-refractivity contribution >= 4 is 5.91 Å². The summed E-state index contributed by atoms with van der Waals surface area (Å²) in [6, 6.07) is 3.53. The molecule has 0 aliphatic rings. The summed E-state index contributed by atoms with van der Waals surface area (Å²) in [5.41, 5.74) is 6.01. The van der Waals surface area contributed by atoms with Crippen molar-refractivity contribution < 1.29 is 13.6 Å². The van der Waals surface area contributed by atoms with E-state index in [0.29, 0.717) is 25.2 Å². The second-order valence-corrected chi connectivity index (χ2v) is 4.70. The Morgan fingerprint density at radius 3 is 2.58 bits per heavy atom. The van der Waals surface area contributed by atoms with Crippen LogP contribution in [0.15, 0.2) is 18.2 Å². The molecule has 2 N–H and O–H groups in total. The summed E-state index contributed by atoms with van der Waals surface area (Å²) >= 11 is 0. The number of carbonyl (C=O) groups is 1. The van der Waals surface area contributed by atoms with E-state index < -0.39 is 11.6 Å². The predicted molar refractivity (Wildman–Crippen MR) is 70.5 cm³/mol. The van der Waals surface area contributed by atoms with E-state index in [1.807, 2.05) is 13.8 Å². The molecule has 0 aliphatic carbocycles. The van der Waals surface area contributed by atoms with Crippen LogP contribution < -0.4 is 5.73 Å². The van der Waals surface area contributed by atoms with Gasteiger partial charge in [-0.15, -0.1) is 0 Å². The van der Waals surface area contributed by atoms with Crippen LogP contribution >= 0.6 is 0 Å². The van der Waals surface area contributed by atoms with Crippen molar-refractivity contribution in [1.29, 1.82) is 0 Å². The molecule has 0 aliphatic heterocycles. The number of benzene rings is 1. The lowest BCUT2D eigenvalue weighted by Gasteiger charge is -2.24. The maximum absolute atomic E-state index is 13.1. The number of hydrogen-bond donors (Lipinski definition) is 1. The van der Waals surface area contributed by atoms with Crippen molar-refractivity contribution in [2.24, 2.45) is 11.7 Å². The third-order valence-electron chi connectivity index (χ3n) is 3.01. The Morgan fingerprint density at radius 1 is 1.37 bits per heavy atom. The number of hydrogen-bond acceptors (Lipinski definition) is 2. The van der Waals surface area contributed by atoms with Crippen LogP contribution in [-0.2, 0) is 11.2 Å². The summed E-state index contributed by atoms with van der Waals surface area (Å²) in [4.78, 5) is 13.7. The molecule has 0 saturated carbocycles. The minimum Gasteiger partial charge on any atom is -0.342 e. The van der Waals surface area contributed by atoms with E-state index in [4.69, 9.17) is 5.73 Å². The maximum atomic E-state index is 13.1. The topological polar surface area (TPSA) is 46.3 Å². The molecule has 1 aromatic carbocycles. The highest BCUT2D eigenvalue weighted by molar-refractivity contribution is 5.78. The van der Waals surface area contributed by atoms with Crippen LogP contribution in [0.2, 0.25) is 0 Å². The van der Waals surface area contributed by atoms with Gasteiger partial charge in [-0.2, -0.15) is 0 Å². The number of halogens is 2. The van der Waals surface area contributed by atoms with E-state index in [0.717, 1.165) is 12.1 Å². The molecule has 1 rings (SSSR count). The molecule has 0 saturated heterocycles. The number of nitrogens with two attached hydrogens (primary N) is 1. The van der Waals surface area contributed by atoms with Crippen LogP contribution in [0, 0.1) is 17.6 Å². The maximum Gasteiger partial charge on any atom is 0.226 e. The highest BCUT2D eigenvalue weighted by Gasteiger charge is 2.15. The Morgan fingerprint density at radius 2 is 2.05 bits per heavy atom. The van der Waals surface area contributed by atoms with Gasteiger partial charge in [0.15, 0.2) is 11.6 Å². The van der Waals surface area contributed by atoms with Gasteiger partial charge in [0.1, 0.15) is 0 Å². The molecular formula is C14H20F2N2O. The van der Waals surface area contributed by atoms with Crippen LogP contribution in [0.1, 0.15) is 19.4 Å². The van der Waals surface area contributed by atoms with Gasteiger partial charge in [0, 0.05) is 13.1 Å². The molecule has 19 heavy (non-hydrogen) atoms. The number of rotatable bonds is 6. The molecule has 0 fully saturated rings. The average Bonchev–Trinajstić information content (AvgIpc) is 2.39. The first kappa shape index (κ1) is 15.6. The van der Waals surface area contributed by atoms with Crippen molar-refractivity contribution in [3.63, 3.8) is 0 Å². The molecule has 1 amide bonds. The molecule has 1 aromatic rings. The Balaban J connectivity index is 2.68. The first-order valence-electron chi connectivity index (χ1n) is 6.39. The highest BCUT2D eigenvalue weighted by Crippen LogP contribution is 2.11. The summed E-state index contributed by atoms with van der Waals surface area (Å²) in [6.07, 6.45) is 0.0718. The first-order valence-corrected chi connectivity index (χ1v) is 6.39. The van der Waals surface area contributed by atoms with E-state index in [-0.39, 0.29) is 18.2 Å². The molecule has 106 valence electrons. The second kappa shape index (κ2) is 7.19. The first-order chi connectivity index (χ1) is 8.97. The van der Waals surface area contributed by atoms with Crippen LogP contribution in [0.4, 0.5) is 8.78 Å². The zero-order valence-corrected chi connectivity index (χ0v) is 11.3.